The lowest BCUT2D eigenvalue weighted by atomic mass is 10.4. The van der Waals surface area contributed by atoms with E-state index in [-0.39, 0.29) is 14.9 Å². The van der Waals surface area contributed by atoms with Crippen LogP contribution in [0.2, 0.25) is 10.0 Å². The summed E-state index contributed by atoms with van der Waals surface area (Å²) in [5.41, 5.74) is 1.83. The first kappa shape index (κ1) is 14.0. The van der Waals surface area contributed by atoms with Crippen LogP contribution in [0.4, 0.5) is 4.79 Å². The van der Waals surface area contributed by atoms with Crippen molar-refractivity contribution in [2.45, 2.75) is 4.90 Å². The first-order valence-corrected chi connectivity index (χ1v) is 6.41. The minimum atomic E-state index is -3.91. The molecule has 0 unspecified atom stereocenters. The number of carbonyl (C=O) groups is 1. The number of halogens is 2. The Kier molecular flexibility index (Phi) is 4.58. The van der Waals surface area contributed by atoms with Crippen molar-refractivity contribution in [2.75, 3.05) is 7.11 Å². The molecule has 1 amide bonds. The van der Waals surface area contributed by atoms with Gasteiger partial charge in [-0.3, -0.25) is 0 Å². The molecule has 1 rings (SSSR count). The number of hydrazine groups is 1. The van der Waals surface area contributed by atoms with Crippen LogP contribution in [0.25, 0.3) is 0 Å². The Morgan fingerprint density at radius 1 is 1.29 bits per heavy atom. The summed E-state index contributed by atoms with van der Waals surface area (Å²) in [6, 6.07) is 3.73. The Balaban J connectivity index is 2.90. The van der Waals surface area contributed by atoms with Crippen LogP contribution in [-0.2, 0) is 14.8 Å². The first-order chi connectivity index (χ1) is 7.86. The molecule has 0 fully saturated rings. The third kappa shape index (κ3) is 3.74. The SMILES string of the molecule is COC(=O)NNS(=O)(=O)c1ccc(Cl)c(Cl)c1. The quantitative estimate of drug-likeness (QED) is 0.829. The summed E-state index contributed by atoms with van der Waals surface area (Å²) in [5.74, 6) is 0. The van der Waals surface area contributed by atoms with Gasteiger partial charge >= 0.3 is 6.09 Å². The predicted octanol–water partition coefficient (Wildman–Crippen LogP) is 1.54. The highest BCUT2D eigenvalue weighted by atomic mass is 35.5. The summed E-state index contributed by atoms with van der Waals surface area (Å²) < 4.78 is 27.5. The minimum Gasteiger partial charge on any atom is -0.452 e. The molecule has 0 bridgehead atoms. The largest absolute Gasteiger partial charge is 0.452 e. The zero-order chi connectivity index (χ0) is 13.1. The normalized spacial score (nSPS) is 11.0. The monoisotopic (exact) mass is 298 g/mol. The predicted molar refractivity (Wildman–Crippen MR) is 62.3 cm³/mol. The van der Waals surface area contributed by atoms with E-state index < -0.39 is 16.1 Å². The molecule has 0 spiro atoms. The highest BCUT2D eigenvalue weighted by molar-refractivity contribution is 7.89. The summed E-state index contributed by atoms with van der Waals surface area (Å²) >= 11 is 11.3. The van der Waals surface area contributed by atoms with Gasteiger partial charge in [0.15, 0.2) is 0 Å². The topological polar surface area (TPSA) is 84.5 Å². The fraction of sp³-hybridized carbons (Fsp3) is 0.125. The molecule has 0 aromatic heterocycles. The van der Waals surface area contributed by atoms with Crippen molar-refractivity contribution < 1.29 is 17.9 Å². The molecule has 0 radical (unpaired) electrons. The highest BCUT2D eigenvalue weighted by Crippen LogP contribution is 2.24. The third-order valence-electron chi connectivity index (χ3n) is 1.67. The molecule has 17 heavy (non-hydrogen) atoms. The second-order valence-electron chi connectivity index (χ2n) is 2.80. The van der Waals surface area contributed by atoms with Crippen molar-refractivity contribution in [1.82, 2.24) is 10.3 Å². The maximum Gasteiger partial charge on any atom is 0.422 e. The Morgan fingerprint density at radius 2 is 1.94 bits per heavy atom. The molecule has 1 aromatic rings. The van der Waals surface area contributed by atoms with E-state index in [1.165, 1.54) is 12.1 Å². The second kappa shape index (κ2) is 5.54. The molecule has 9 heteroatoms. The average molecular weight is 299 g/mol. The van der Waals surface area contributed by atoms with Crippen LogP contribution in [0, 0.1) is 0 Å². The van der Waals surface area contributed by atoms with Gasteiger partial charge in [-0.15, -0.1) is 4.83 Å². The van der Waals surface area contributed by atoms with Gasteiger partial charge in [0.1, 0.15) is 0 Å². The molecule has 0 aliphatic rings. The number of carbonyl (C=O) groups excluding carboxylic acids is 1. The summed E-state index contributed by atoms with van der Waals surface area (Å²) in [6.45, 7) is 0. The zero-order valence-corrected chi connectivity index (χ0v) is 10.9. The molecule has 0 aliphatic carbocycles. The van der Waals surface area contributed by atoms with E-state index in [0.717, 1.165) is 13.2 Å². The van der Waals surface area contributed by atoms with Gasteiger partial charge in [0.05, 0.1) is 22.1 Å². The number of rotatable bonds is 3. The number of ether oxygens (including phenoxy) is 1. The van der Waals surface area contributed by atoms with Gasteiger partial charge in [0.25, 0.3) is 10.0 Å². The Morgan fingerprint density at radius 3 is 2.47 bits per heavy atom. The number of methoxy groups -OCH3 is 1. The van der Waals surface area contributed by atoms with E-state index in [1.54, 1.807) is 0 Å². The van der Waals surface area contributed by atoms with Crippen molar-refractivity contribution in [1.29, 1.82) is 0 Å². The zero-order valence-electron chi connectivity index (χ0n) is 8.53. The lowest BCUT2D eigenvalue weighted by Crippen LogP contribution is -2.41. The van der Waals surface area contributed by atoms with Crippen LogP contribution in [-0.4, -0.2) is 21.6 Å². The van der Waals surface area contributed by atoms with Gasteiger partial charge in [-0.2, -0.15) is 0 Å². The number of benzene rings is 1. The number of amides is 1. The van der Waals surface area contributed by atoms with Crippen molar-refractivity contribution in [3.63, 3.8) is 0 Å². The van der Waals surface area contributed by atoms with E-state index in [2.05, 4.69) is 4.74 Å². The molecule has 0 saturated heterocycles. The fourth-order valence-electron chi connectivity index (χ4n) is 0.863. The fourth-order valence-corrected chi connectivity index (χ4v) is 2.08. The third-order valence-corrected chi connectivity index (χ3v) is 3.66. The summed E-state index contributed by atoms with van der Waals surface area (Å²) in [7, 11) is -2.81. The summed E-state index contributed by atoms with van der Waals surface area (Å²) in [5, 5.41) is 0.319. The van der Waals surface area contributed by atoms with E-state index in [1.807, 2.05) is 10.3 Å². The van der Waals surface area contributed by atoms with Gasteiger partial charge in [-0.1, -0.05) is 23.2 Å². The Labute approximate surface area is 108 Å². The number of nitrogens with one attached hydrogen (secondary N) is 2. The van der Waals surface area contributed by atoms with Crippen molar-refractivity contribution >= 4 is 39.3 Å². The summed E-state index contributed by atoms with van der Waals surface area (Å²) in [4.78, 5) is 12.4. The molecular weight excluding hydrogens is 291 g/mol. The maximum absolute atomic E-state index is 11.6. The second-order valence-corrected chi connectivity index (χ2v) is 5.29. The smallest absolute Gasteiger partial charge is 0.422 e. The molecule has 94 valence electrons. The molecule has 0 saturated carbocycles. The van der Waals surface area contributed by atoms with Gasteiger partial charge in [-0.25, -0.2) is 18.6 Å². The van der Waals surface area contributed by atoms with Crippen LogP contribution in [0.15, 0.2) is 23.1 Å². The molecule has 1 aromatic carbocycles. The van der Waals surface area contributed by atoms with Crippen LogP contribution in [0.1, 0.15) is 0 Å². The molecule has 0 aliphatic heterocycles. The first-order valence-electron chi connectivity index (χ1n) is 4.17. The van der Waals surface area contributed by atoms with Crippen molar-refractivity contribution in [2.24, 2.45) is 0 Å². The number of hydrogen-bond acceptors (Lipinski definition) is 4. The van der Waals surface area contributed by atoms with E-state index in [9.17, 15) is 13.2 Å². The van der Waals surface area contributed by atoms with E-state index in [0.29, 0.717) is 0 Å². The van der Waals surface area contributed by atoms with Gasteiger partial charge in [-0.05, 0) is 18.2 Å². The lowest BCUT2D eigenvalue weighted by Gasteiger charge is -2.07. The Bertz CT molecular complexity index is 532. The molecule has 6 nitrogen and oxygen atoms in total. The van der Waals surface area contributed by atoms with Crippen LogP contribution in [0.5, 0.6) is 0 Å². The lowest BCUT2D eigenvalue weighted by molar-refractivity contribution is 0.169. The maximum atomic E-state index is 11.6. The minimum absolute atomic E-state index is 0.0904. The molecule has 2 N–H and O–H groups in total. The van der Waals surface area contributed by atoms with Gasteiger partial charge in [0, 0.05) is 0 Å². The van der Waals surface area contributed by atoms with Gasteiger partial charge in [0.2, 0.25) is 0 Å². The molecular formula is C8H8Cl2N2O4S. The van der Waals surface area contributed by atoms with Crippen LogP contribution in [0.3, 0.4) is 0 Å². The number of sulfonamides is 1. The van der Waals surface area contributed by atoms with Crippen LogP contribution < -0.4 is 10.3 Å². The van der Waals surface area contributed by atoms with Crippen LogP contribution >= 0.6 is 23.2 Å². The highest BCUT2D eigenvalue weighted by Gasteiger charge is 2.16. The van der Waals surface area contributed by atoms with E-state index >= 15 is 0 Å². The van der Waals surface area contributed by atoms with Gasteiger partial charge < -0.3 is 4.74 Å². The molecule has 0 atom stereocenters. The summed E-state index contributed by atoms with van der Waals surface area (Å²) in [6.07, 6.45) is -0.936. The standard InChI is InChI=1S/C8H8Cl2N2O4S/c1-16-8(13)11-12-17(14,15)5-2-3-6(9)7(10)4-5/h2-4,12H,1H3,(H,11,13). The van der Waals surface area contributed by atoms with Crippen molar-refractivity contribution in [3.05, 3.63) is 28.2 Å². The number of hydrogen-bond donors (Lipinski definition) is 2. The average Bonchev–Trinajstić information content (AvgIpc) is 2.29. The van der Waals surface area contributed by atoms with Crippen molar-refractivity contribution in [3.8, 4) is 0 Å². The Hall–Kier alpha value is -1.02. The molecule has 0 heterocycles. The van der Waals surface area contributed by atoms with E-state index in [4.69, 9.17) is 23.2 Å².